The third-order valence-electron chi connectivity index (χ3n) is 2.90. The van der Waals surface area contributed by atoms with E-state index in [1.165, 1.54) is 19.1 Å². The Kier molecular flexibility index (Phi) is 4.48. The zero-order valence-electron chi connectivity index (χ0n) is 12.3. The first-order valence-electron chi connectivity index (χ1n) is 6.61. The number of hydrogen-bond acceptors (Lipinski definition) is 4. The van der Waals surface area contributed by atoms with E-state index in [2.05, 4.69) is 5.10 Å². The van der Waals surface area contributed by atoms with Crippen LogP contribution in [-0.4, -0.2) is 22.4 Å². The molecule has 2 N–H and O–H groups in total. The molecule has 0 spiro atoms. The van der Waals surface area contributed by atoms with Crippen molar-refractivity contribution in [2.75, 3.05) is 6.61 Å². The molecule has 0 aliphatic heterocycles. The fourth-order valence-corrected chi connectivity index (χ4v) is 1.90. The Balaban J connectivity index is 2.40. The van der Waals surface area contributed by atoms with Gasteiger partial charge in [-0.1, -0.05) is 6.07 Å². The number of ether oxygens (including phenoxy) is 2. The highest BCUT2D eigenvalue weighted by molar-refractivity contribution is 5.75. The number of aromatic nitrogens is 2. The molecule has 1 heterocycles. The Morgan fingerprint density at radius 1 is 1.39 bits per heavy atom. The molecule has 0 bridgehead atoms. The van der Waals surface area contributed by atoms with Gasteiger partial charge in [-0.15, -0.1) is 5.10 Å². The second-order valence-electron chi connectivity index (χ2n) is 4.53. The van der Waals surface area contributed by atoms with E-state index in [-0.39, 0.29) is 24.0 Å². The molecule has 0 saturated heterocycles. The summed E-state index contributed by atoms with van der Waals surface area (Å²) < 4.78 is 49.7. The van der Waals surface area contributed by atoms with Crippen molar-refractivity contribution < 1.29 is 27.4 Å². The molecule has 23 heavy (non-hydrogen) atoms. The molecule has 0 atom stereocenters. The van der Waals surface area contributed by atoms with Crippen molar-refractivity contribution in [3.63, 3.8) is 0 Å². The van der Waals surface area contributed by atoms with Gasteiger partial charge in [0.1, 0.15) is 5.75 Å². The van der Waals surface area contributed by atoms with Gasteiger partial charge in [0.05, 0.1) is 17.9 Å². The maximum absolute atomic E-state index is 12.7. The average Bonchev–Trinajstić information content (AvgIpc) is 2.76. The summed E-state index contributed by atoms with van der Waals surface area (Å²) in [6, 6.07) is 3.43. The highest BCUT2D eigenvalue weighted by atomic mass is 19.4. The van der Waals surface area contributed by atoms with Gasteiger partial charge < -0.3 is 15.2 Å². The van der Waals surface area contributed by atoms with E-state index in [0.717, 1.165) is 16.8 Å². The van der Waals surface area contributed by atoms with Crippen LogP contribution in [-0.2, 0) is 6.18 Å². The molecule has 1 aromatic heterocycles. The molecular formula is C14H14F3N3O3. The van der Waals surface area contributed by atoms with Crippen molar-refractivity contribution in [3.05, 3.63) is 35.5 Å². The number of nitrogens with zero attached hydrogens (tertiary/aromatic N) is 2. The number of hydrogen-bond donors (Lipinski definition) is 1. The molecule has 124 valence electrons. The van der Waals surface area contributed by atoms with E-state index in [4.69, 9.17) is 15.2 Å². The number of halogens is 3. The third-order valence-corrected chi connectivity index (χ3v) is 2.90. The molecule has 0 fully saturated rings. The maximum atomic E-state index is 12.7. The van der Waals surface area contributed by atoms with E-state index in [1.807, 2.05) is 0 Å². The zero-order chi connectivity index (χ0) is 17.2. The number of alkyl halides is 3. The van der Waals surface area contributed by atoms with Crippen LogP contribution in [0, 0.1) is 6.92 Å². The molecule has 9 heteroatoms. The lowest BCUT2D eigenvalue weighted by Gasteiger charge is -2.09. The van der Waals surface area contributed by atoms with Crippen LogP contribution in [0.2, 0.25) is 0 Å². The SMILES string of the molecule is CCOc1c(Oc2cccc(C(F)(F)F)c2)nn(C(N)=O)c1C. The van der Waals surface area contributed by atoms with Gasteiger partial charge in [-0.2, -0.15) is 17.9 Å². The largest absolute Gasteiger partial charge is 0.487 e. The topological polar surface area (TPSA) is 79.4 Å². The highest BCUT2D eigenvalue weighted by Crippen LogP contribution is 2.36. The van der Waals surface area contributed by atoms with Crippen LogP contribution in [0.5, 0.6) is 17.4 Å². The number of benzene rings is 1. The first-order valence-corrected chi connectivity index (χ1v) is 6.61. The molecule has 2 rings (SSSR count). The van der Waals surface area contributed by atoms with E-state index >= 15 is 0 Å². The van der Waals surface area contributed by atoms with Gasteiger partial charge in [-0.3, -0.25) is 0 Å². The second kappa shape index (κ2) is 6.19. The first-order chi connectivity index (χ1) is 10.7. The predicted molar refractivity (Wildman–Crippen MR) is 74.6 cm³/mol. The Bertz CT molecular complexity index is 726. The van der Waals surface area contributed by atoms with Gasteiger partial charge in [-0.05, 0) is 32.0 Å². The van der Waals surface area contributed by atoms with Gasteiger partial charge in [0, 0.05) is 0 Å². The molecule has 0 saturated carbocycles. The summed E-state index contributed by atoms with van der Waals surface area (Å²) >= 11 is 0. The smallest absolute Gasteiger partial charge is 0.416 e. The van der Waals surface area contributed by atoms with Gasteiger partial charge in [0.25, 0.3) is 5.88 Å². The van der Waals surface area contributed by atoms with Crippen LogP contribution in [0.15, 0.2) is 24.3 Å². The molecule has 0 aliphatic rings. The highest BCUT2D eigenvalue weighted by Gasteiger charge is 2.31. The molecule has 1 amide bonds. The lowest BCUT2D eigenvalue weighted by atomic mass is 10.2. The fraction of sp³-hybridized carbons (Fsp3) is 0.286. The van der Waals surface area contributed by atoms with Crippen molar-refractivity contribution >= 4 is 6.03 Å². The maximum Gasteiger partial charge on any atom is 0.416 e. The fourth-order valence-electron chi connectivity index (χ4n) is 1.90. The third kappa shape index (κ3) is 3.55. The van der Waals surface area contributed by atoms with Gasteiger partial charge in [-0.25, -0.2) is 4.79 Å². The minimum atomic E-state index is -4.50. The van der Waals surface area contributed by atoms with Crippen molar-refractivity contribution in [3.8, 4) is 17.4 Å². The van der Waals surface area contributed by atoms with E-state index < -0.39 is 17.8 Å². The van der Waals surface area contributed by atoms with Crippen LogP contribution in [0.1, 0.15) is 18.2 Å². The lowest BCUT2D eigenvalue weighted by Crippen LogP contribution is -2.21. The second-order valence-corrected chi connectivity index (χ2v) is 4.53. The number of nitrogens with two attached hydrogens (primary N) is 1. The number of rotatable bonds is 4. The normalized spacial score (nSPS) is 11.3. The quantitative estimate of drug-likeness (QED) is 0.933. The molecule has 6 nitrogen and oxygen atoms in total. The summed E-state index contributed by atoms with van der Waals surface area (Å²) in [5.41, 5.74) is 4.60. The van der Waals surface area contributed by atoms with Crippen LogP contribution in [0.25, 0.3) is 0 Å². The summed E-state index contributed by atoms with van der Waals surface area (Å²) in [5.74, 6) is -0.0823. The molecule has 0 aliphatic carbocycles. The van der Waals surface area contributed by atoms with Crippen molar-refractivity contribution in [2.45, 2.75) is 20.0 Å². The minimum absolute atomic E-state index is 0.0881. The summed E-state index contributed by atoms with van der Waals surface area (Å²) in [4.78, 5) is 11.3. The summed E-state index contributed by atoms with van der Waals surface area (Å²) in [7, 11) is 0. The van der Waals surface area contributed by atoms with E-state index in [9.17, 15) is 18.0 Å². The summed E-state index contributed by atoms with van der Waals surface area (Å²) in [6.07, 6.45) is -4.50. The monoisotopic (exact) mass is 329 g/mol. The lowest BCUT2D eigenvalue weighted by molar-refractivity contribution is -0.137. The summed E-state index contributed by atoms with van der Waals surface area (Å²) in [6.45, 7) is 3.49. The first kappa shape index (κ1) is 16.7. The average molecular weight is 329 g/mol. The van der Waals surface area contributed by atoms with Gasteiger partial charge >= 0.3 is 12.2 Å². The van der Waals surface area contributed by atoms with Crippen molar-refractivity contribution in [2.24, 2.45) is 5.73 Å². The number of primary amides is 1. The summed E-state index contributed by atoms with van der Waals surface area (Å²) in [5, 5.41) is 3.83. The number of amides is 1. The molecule has 0 radical (unpaired) electrons. The van der Waals surface area contributed by atoms with E-state index in [1.54, 1.807) is 6.92 Å². The Morgan fingerprint density at radius 3 is 2.65 bits per heavy atom. The Labute approximate surface area is 129 Å². The van der Waals surface area contributed by atoms with Crippen LogP contribution >= 0.6 is 0 Å². The van der Waals surface area contributed by atoms with Crippen molar-refractivity contribution in [1.82, 2.24) is 9.78 Å². The molecular weight excluding hydrogens is 315 g/mol. The van der Waals surface area contributed by atoms with Crippen LogP contribution < -0.4 is 15.2 Å². The van der Waals surface area contributed by atoms with Gasteiger partial charge in [0.2, 0.25) is 5.75 Å². The minimum Gasteiger partial charge on any atom is -0.487 e. The number of carbonyl (C=O) groups excluding carboxylic acids is 1. The van der Waals surface area contributed by atoms with Crippen LogP contribution in [0.4, 0.5) is 18.0 Å². The zero-order valence-corrected chi connectivity index (χ0v) is 12.3. The molecule has 0 unspecified atom stereocenters. The molecule has 1 aromatic carbocycles. The number of carbonyl (C=O) groups is 1. The van der Waals surface area contributed by atoms with Gasteiger partial charge in [0.15, 0.2) is 0 Å². The Hall–Kier alpha value is -2.71. The van der Waals surface area contributed by atoms with E-state index in [0.29, 0.717) is 5.69 Å². The molecule has 2 aromatic rings. The van der Waals surface area contributed by atoms with Crippen molar-refractivity contribution in [1.29, 1.82) is 0 Å². The Morgan fingerprint density at radius 2 is 2.09 bits per heavy atom. The standard InChI is InChI=1S/C14H14F3N3O3/c1-3-22-11-8(2)20(13(18)21)19-12(11)23-10-6-4-5-9(7-10)14(15,16)17/h4-7H,3H2,1-2H3,(H2,18,21). The predicted octanol–water partition coefficient (Wildman–Crippen LogP) is 3.33. The van der Waals surface area contributed by atoms with Crippen LogP contribution in [0.3, 0.4) is 0 Å².